The van der Waals surface area contributed by atoms with Crippen LogP contribution in [0, 0.1) is 11.3 Å². The number of esters is 1. The largest absolute Gasteiger partial charge is 0.496 e. The van der Waals surface area contributed by atoms with E-state index in [1.807, 2.05) is 24.3 Å². The molecule has 0 saturated heterocycles. The van der Waals surface area contributed by atoms with Crippen LogP contribution >= 0.6 is 11.6 Å². The maximum Gasteiger partial charge on any atom is 0.343 e. The number of hydrogen-bond donors (Lipinski definition) is 0. The maximum atomic E-state index is 12.3. The molecule has 0 radical (unpaired) electrons. The highest BCUT2D eigenvalue weighted by Crippen LogP contribution is 2.28. The van der Waals surface area contributed by atoms with Gasteiger partial charge in [-0.25, -0.2) is 4.79 Å². The number of allylic oxidation sites excluding steroid dienone is 1. The minimum Gasteiger partial charge on any atom is -0.496 e. The second-order valence-corrected chi connectivity index (χ2v) is 6.28. The van der Waals surface area contributed by atoms with Crippen LogP contribution in [-0.2, 0) is 0 Å². The van der Waals surface area contributed by atoms with Crippen molar-refractivity contribution >= 4 is 29.2 Å². The SMILES string of the molecule is COc1ccccc1/C(C#N)=C\c1cccc(OC(=O)c2ccc(Cl)cc2)c1. The van der Waals surface area contributed by atoms with Gasteiger partial charge in [-0.05, 0) is 60.2 Å². The first-order chi connectivity index (χ1) is 13.6. The lowest BCUT2D eigenvalue weighted by atomic mass is 10.0. The Bertz CT molecular complexity index is 1070. The van der Waals surface area contributed by atoms with Crippen LogP contribution in [-0.4, -0.2) is 13.1 Å². The smallest absolute Gasteiger partial charge is 0.343 e. The number of methoxy groups -OCH3 is 1. The predicted molar refractivity (Wildman–Crippen MR) is 109 cm³/mol. The van der Waals surface area contributed by atoms with Crippen molar-refractivity contribution in [1.82, 2.24) is 0 Å². The summed E-state index contributed by atoms with van der Waals surface area (Å²) in [7, 11) is 1.56. The van der Waals surface area contributed by atoms with Crippen LogP contribution in [0.25, 0.3) is 11.6 Å². The topological polar surface area (TPSA) is 59.3 Å². The molecule has 3 aromatic carbocycles. The van der Waals surface area contributed by atoms with Crippen molar-refractivity contribution in [2.24, 2.45) is 0 Å². The van der Waals surface area contributed by atoms with Gasteiger partial charge in [0, 0.05) is 10.6 Å². The minimum absolute atomic E-state index is 0.381. The van der Waals surface area contributed by atoms with E-state index in [0.717, 1.165) is 5.56 Å². The molecule has 28 heavy (non-hydrogen) atoms. The molecule has 0 heterocycles. The minimum atomic E-state index is -0.483. The standard InChI is InChI=1S/C23H16ClNO3/c1-27-22-8-3-2-7-21(22)18(15-25)13-16-5-4-6-20(14-16)28-23(26)17-9-11-19(24)12-10-17/h2-14H,1H3/b18-13-. The van der Waals surface area contributed by atoms with Gasteiger partial charge >= 0.3 is 5.97 Å². The van der Waals surface area contributed by atoms with Crippen LogP contribution < -0.4 is 9.47 Å². The summed E-state index contributed by atoms with van der Waals surface area (Å²) in [4.78, 5) is 12.3. The van der Waals surface area contributed by atoms with Gasteiger partial charge in [0.2, 0.25) is 0 Å². The fourth-order valence-corrected chi connectivity index (χ4v) is 2.75. The molecule has 0 fully saturated rings. The quantitative estimate of drug-likeness (QED) is 0.245. The van der Waals surface area contributed by atoms with Crippen LogP contribution in [0.2, 0.25) is 5.02 Å². The lowest BCUT2D eigenvalue weighted by Gasteiger charge is -2.08. The van der Waals surface area contributed by atoms with Crippen molar-refractivity contribution in [2.45, 2.75) is 0 Å². The number of nitrogens with zero attached hydrogens (tertiary/aromatic N) is 1. The van der Waals surface area contributed by atoms with E-state index in [-0.39, 0.29) is 0 Å². The number of benzene rings is 3. The van der Waals surface area contributed by atoms with E-state index in [0.29, 0.717) is 33.2 Å². The number of ether oxygens (including phenoxy) is 2. The second-order valence-electron chi connectivity index (χ2n) is 5.84. The highest BCUT2D eigenvalue weighted by atomic mass is 35.5. The van der Waals surface area contributed by atoms with E-state index >= 15 is 0 Å². The summed E-state index contributed by atoms with van der Waals surface area (Å²) < 4.78 is 10.8. The first-order valence-electron chi connectivity index (χ1n) is 8.43. The zero-order valence-corrected chi connectivity index (χ0v) is 15.8. The molecular formula is C23H16ClNO3. The Hall–Kier alpha value is -3.55. The summed E-state index contributed by atoms with van der Waals surface area (Å²) in [6, 6.07) is 22.9. The number of nitriles is 1. The predicted octanol–water partition coefficient (Wildman–Crippen LogP) is 5.63. The van der Waals surface area contributed by atoms with Crippen LogP contribution in [0.1, 0.15) is 21.5 Å². The number of carbonyl (C=O) groups is 1. The van der Waals surface area contributed by atoms with Crippen molar-refractivity contribution in [2.75, 3.05) is 7.11 Å². The van der Waals surface area contributed by atoms with Gasteiger partial charge < -0.3 is 9.47 Å². The molecule has 0 aliphatic rings. The summed E-state index contributed by atoms with van der Waals surface area (Å²) in [5.41, 5.74) is 2.26. The zero-order valence-electron chi connectivity index (χ0n) is 15.1. The molecule has 0 aliphatic heterocycles. The molecule has 138 valence electrons. The molecule has 0 spiro atoms. The molecule has 0 unspecified atom stereocenters. The summed E-state index contributed by atoms with van der Waals surface area (Å²) in [5, 5.41) is 10.1. The normalized spacial score (nSPS) is 10.8. The molecule has 0 bridgehead atoms. The molecule has 0 aliphatic carbocycles. The van der Waals surface area contributed by atoms with Crippen molar-refractivity contribution in [3.63, 3.8) is 0 Å². The molecule has 3 rings (SSSR count). The Morgan fingerprint density at radius 2 is 1.79 bits per heavy atom. The second kappa shape index (κ2) is 8.90. The molecule has 5 heteroatoms. The molecule has 0 saturated carbocycles. The van der Waals surface area contributed by atoms with E-state index in [9.17, 15) is 10.1 Å². The molecule has 0 atom stereocenters. The number of rotatable bonds is 5. The fourth-order valence-electron chi connectivity index (χ4n) is 2.62. The Kier molecular flexibility index (Phi) is 6.11. The van der Waals surface area contributed by atoms with Gasteiger partial charge in [0.1, 0.15) is 11.5 Å². The van der Waals surface area contributed by atoms with Crippen LogP contribution in [0.4, 0.5) is 0 Å². The Morgan fingerprint density at radius 1 is 1.04 bits per heavy atom. The molecule has 0 N–H and O–H groups in total. The van der Waals surface area contributed by atoms with Gasteiger partial charge in [-0.3, -0.25) is 0 Å². The third kappa shape index (κ3) is 4.59. The van der Waals surface area contributed by atoms with Crippen LogP contribution in [0.3, 0.4) is 0 Å². The van der Waals surface area contributed by atoms with Crippen LogP contribution in [0.15, 0.2) is 72.8 Å². The third-order valence-electron chi connectivity index (χ3n) is 3.98. The van der Waals surface area contributed by atoms with Crippen molar-refractivity contribution in [3.8, 4) is 17.6 Å². The third-order valence-corrected chi connectivity index (χ3v) is 4.23. The van der Waals surface area contributed by atoms with Crippen molar-refractivity contribution in [1.29, 1.82) is 5.26 Å². The van der Waals surface area contributed by atoms with Gasteiger partial charge in [0.05, 0.1) is 24.3 Å². The first kappa shape index (κ1) is 19.2. The van der Waals surface area contributed by atoms with Crippen molar-refractivity contribution in [3.05, 3.63) is 94.5 Å². The summed E-state index contributed by atoms with van der Waals surface area (Å²) in [5.74, 6) is 0.509. The van der Waals surface area contributed by atoms with E-state index in [1.54, 1.807) is 61.7 Å². The van der Waals surface area contributed by atoms with E-state index in [2.05, 4.69) is 6.07 Å². The zero-order chi connectivity index (χ0) is 19.9. The van der Waals surface area contributed by atoms with Crippen molar-refractivity contribution < 1.29 is 14.3 Å². The maximum absolute atomic E-state index is 12.3. The Balaban J connectivity index is 1.86. The average molecular weight is 390 g/mol. The molecule has 4 nitrogen and oxygen atoms in total. The van der Waals surface area contributed by atoms with Gasteiger partial charge in [-0.1, -0.05) is 35.9 Å². The number of hydrogen-bond acceptors (Lipinski definition) is 4. The Labute approximate surface area is 168 Å². The Morgan fingerprint density at radius 3 is 2.50 bits per heavy atom. The van der Waals surface area contributed by atoms with E-state index < -0.39 is 5.97 Å². The monoisotopic (exact) mass is 389 g/mol. The van der Waals surface area contributed by atoms with Gasteiger partial charge in [0.15, 0.2) is 0 Å². The fraction of sp³-hybridized carbons (Fsp3) is 0.0435. The number of para-hydroxylation sites is 1. The highest BCUT2D eigenvalue weighted by Gasteiger charge is 2.10. The molecular weight excluding hydrogens is 374 g/mol. The highest BCUT2D eigenvalue weighted by molar-refractivity contribution is 6.30. The summed E-state index contributed by atoms with van der Waals surface area (Å²) in [6.45, 7) is 0. The number of halogens is 1. The lowest BCUT2D eigenvalue weighted by molar-refractivity contribution is 0.0735. The first-order valence-corrected chi connectivity index (χ1v) is 8.81. The average Bonchev–Trinajstić information content (AvgIpc) is 2.72. The molecule has 0 amide bonds. The van der Waals surface area contributed by atoms with E-state index in [4.69, 9.17) is 21.1 Å². The molecule has 3 aromatic rings. The summed E-state index contributed by atoms with van der Waals surface area (Å²) in [6.07, 6.45) is 1.72. The number of carbonyl (C=O) groups excluding carboxylic acids is 1. The molecule has 0 aromatic heterocycles. The van der Waals surface area contributed by atoms with Gasteiger partial charge in [-0.15, -0.1) is 0 Å². The van der Waals surface area contributed by atoms with Gasteiger partial charge in [0.25, 0.3) is 0 Å². The lowest BCUT2D eigenvalue weighted by Crippen LogP contribution is -2.08. The van der Waals surface area contributed by atoms with Crippen LogP contribution in [0.5, 0.6) is 11.5 Å². The van der Waals surface area contributed by atoms with Gasteiger partial charge in [-0.2, -0.15) is 5.26 Å². The summed E-state index contributed by atoms with van der Waals surface area (Å²) >= 11 is 5.84. The van der Waals surface area contributed by atoms with E-state index in [1.165, 1.54) is 0 Å².